The lowest BCUT2D eigenvalue weighted by atomic mass is 10.0. The summed E-state index contributed by atoms with van der Waals surface area (Å²) in [6, 6.07) is 15.9. The number of hydrogen-bond acceptors (Lipinski definition) is 5. The lowest BCUT2D eigenvalue weighted by Gasteiger charge is -2.21. The fourth-order valence-electron chi connectivity index (χ4n) is 2.61. The smallest absolute Gasteiger partial charge is 0.251 e. The third kappa shape index (κ3) is 7.93. The molecule has 7 heteroatoms. The minimum atomic E-state index is -0.420. The quantitative estimate of drug-likeness (QED) is 0.421. The van der Waals surface area contributed by atoms with E-state index in [1.165, 1.54) is 0 Å². The summed E-state index contributed by atoms with van der Waals surface area (Å²) in [6.07, 6.45) is 0.377. The van der Waals surface area contributed by atoms with Crippen molar-refractivity contribution in [2.45, 2.75) is 26.3 Å². The average Bonchev–Trinajstić information content (AvgIpc) is 2.72. The molecule has 0 heterocycles. The SMILES string of the molecule is CCOCOC[C@H](C[C@@H](C)C(N)=O)NC(=O)c1ccc(Oc2ccccc2)cc1. The molecule has 0 aromatic heterocycles. The number of ether oxygens (including phenoxy) is 3. The van der Waals surface area contributed by atoms with E-state index < -0.39 is 11.8 Å². The van der Waals surface area contributed by atoms with Crippen LogP contribution in [0.25, 0.3) is 0 Å². The summed E-state index contributed by atoms with van der Waals surface area (Å²) in [5.41, 5.74) is 5.83. The number of para-hydroxylation sites is 1. The third-order valence-corrected chi connectivity index (χ3v) is 4.24. The normalized spacial score (nSPS) is 12.8. The molecular formula is C22H28N2O5. The molecule has 2 amide bonds. The van der Waals surface area contributed by atoms with Gasteiger partial charge in [-0.1, -0.05) is 25.1 Å². The number of hydrogen-bond donors (Lipinski definition) is 2. The second-order valence-corrected chi connectivity index (χ2v) is 6.63. The fraction of sp³-hybridized carbons (Fsp3) is 0.364. The first-order valence-corrected chi connectivity index (χ1v) is 9.58. The van der Waals surface area contributed by atoms with Crippen LogP contribution in [0.2, 0.25) is 0 Å². The van der Waals surface area contributed by atoms with E-state index in [-0.39, 0.29) is 25.3 Å². The maximum Gasteiger partial charge on any atom is 0.251 e. The molecule has 2 atom stereocenters. The van der Waals surface area contributed by atoms with Gasteiger partial charge < -0.3 is 25.3 Å². The number of nitrogens with two attached hydrogens (primary N) is 1. The van der Waals surface area contributed by atoms with Crippen molar-refractivity contribution in [1.29, 1.82) is 0 Å². The van der Waals surface area contributed by atoms with Crippen molar-refractivity contribution in [1.82, 2.24) is 5.32 Å². The van der Waals surface area contributed by atoms with E-state index in [0.29, 0.717) is 24.3 Å². The van der Waals surface area contributed by atoms with E-state index in [9.17, 15) is 9.59 Å². The summed E-state index contributed by atoms with van der Waals surface area (Å²) < 4.78 is 16.3. The molecule has 2 aromatic rings. The van der Waals surface area contributed by atoms with E-state index in [1.807, 2.05) is 37.3 Å². The zero-order chi connectivity index (χ0) is 21.1. The Hall–Kier alpha value is -2.90. The summed E-state index contributed by atoms with van der Waals surface area (Å²) in [4.78, 5) is 24.0. The molecule has 0 saturated heterocycles. The fourth-order valence-corrected chi connectivity index (χ4v) is 2.61. The highest BCUT2D eigenvalue weighted by atomic mass is 16.7. The molecule has 3 N–H and O–H groups in total. The van der Waals surface area contributed by atoms with Gasteiger partial charge in [0.25, 0.3) is 5.91 Å². The van der Waals surface area contributed by atoms with Crippen LogP contribution in [-0.2, 0) is 14.3 Å². The summed E-state index contributed by atoms with van der Waals surface area (Å²) in [6.45, 7) is 4.47. The Bertz CT molecular complexity index is 765. The number of nitrogens with one attached hydrogen (secondary N) is 1. The molecule has 0 aliphatic rings. The van der Waals surface area contributed by atoms with Gasteiger partial charge in [0.2, 0.25) is 5.91 Å². The van der Waals surface area contributed by atoms with Crippen LogP contribution in [0.5, 0.6) is 11.5 Å². The summed E-state index contributed by atoms with van der Waals surface area (Å²) in [5.74, 6) is 0.274. The molecule has 2 aromatic carbocycles. The maximum atomic E-state index is 12.6. The van der Waals surface area contributed by atoms with Gasteiger partial charge in [-0.3, -0.25) is 9.59 Å². The van der Waals surface area contributed by atoms with Crippen molar-refractivity contribution >= 4 is 11.8 Å². The van der Waals surface area contributed by atoms with Crippen molar-refractivity contribution in [2.24, 2.45) is 11.7 Å². The zero-order valence-corrected chi connectivity index (χ0v) is 16.8. The van der Waals surface area contributed by atoms with Crippen LogP contribution in [0.1, 0.15) is 30.6 Å². The lowest BCUT2D eigenvalue weighted by molar-refractivity contribution is -0.121. The summed E-state index contributed by atoms with van der Waals surface area (Å²) in [5, 5.41) is 2.90. The van der Waals surface area contributed by atoms with Crippen molar-refractivity contribution in [3.8, 4) is 11.5 Å². The number of amides is 2. The van der Waals surface area contributed by atoms with Crippen LogP contribution >= 0.6 is 0 Å². The number of carbonyl (C=O) groups excluding carboxylic acids is 2. The minimum Gasteiger partial charge on any atom is -0.457 e. The van der Waals surface area contributed by atoms with E-state index in [2.05, 4.69) is 5.32 Å². The predicted molar refractivity (Wildman–Crippen MR) is 110 cm³/mol. The maximum absolute atomic E-state index is 12.6. The number of rotatable bonds is 12. The molecule has 0 unspecified atom stereocenters. The van der Waals surface area contributed by atoms with E-state index >= 15 is 0 Å². The standard InChI is InChI=1S/C22H28N2O5/c1-3-27-15-28-14-18(13-16(2)21(23)25)24-22(26)17-9-11-20(12-10-17)29-19-7-5-4-6-8-19/h4-12,16,18H,3,13-15H2,1-2H3,(H2,23,25)(H,24,26)/t16-,18+/m1/s1. The molecule has 0 aliphatic heterocycles. The van der Waals surface area contributed by atoms with Gasteiger partial charge >= 0.3 is 0 Å². The molecular weight excluding hydrogens is 372 g/mol. The minimum absolute atomic E-state index is 0.124. The van der Waals surface area contributed by atoms with E-state index in [0.717, 1.165) is 5.75 Å². The number of primary amides is 1. The van der Waals surface area contributed by atoms with Crippen LogP contribution in [0.4, 0.5) is 0 Å². The molecule has 0 aliphatic carbocycles. The first-order valence-electron chi connectivity index (χ1n) is 9.58. The average molecular weight is 400 g/mol. The Kier molecular flexibility index (Phi) is 9.14. The largest absolute Gasteiger partial charge is 0.457 e. The van der Waals surface area contributed by atoms with Gasteiger partial charge in [-0.15, -0.1) is 0 Å². The van der Waals surface area contributed by atoms with Gasteiger partial charge in [0, 0.05) is 18.1 Å². The Morgan fingerprint density at radius 2 is 1.66 bits per heavy atom. The van der Waals surface area contributed by atoms with Crippen LogP contribution in [0, 0.1) is 5.92 Å². The van der Waals surface area contributed by atoms with Gasteiger partial charge in [-0.05, 0) is 49.7 Å². The Labute approximate surface area is 171 Å². The monoisotopic (exact) mass is 400 g/mol. The van der Waals surface area contributed by atoms with E-state index in [4.69, 9.17) is 19.9 Å². The highest BCUT2D eigenvalue weighted by molar-refractivity contribution is 5.94. The molecule has 7 nitrogen and oxygen atoms in total. The molecule has 0 radical (unpaired) electrons. The third-order valence-electron chi connectivity index (χ3n) is 4.24. The van der Waals surface area contributed by atoms with Crippen molar-refractivity contribution in [2.75, 3.05) is 20.0 Å². The van der Waals surface area contributed by atoms with Crippen LogP contribution in [0.15, 0.2) is 54.6 Å². The summed E-state index contributed by atoms with van der Waals surface area (Å²) >= 11 is 0. The molecule has 2 rings (SSSR count). The Balaban J connectivity index is 1.96. The summed E-state index contributed by atoms with van der Waals surface area (Å²) in [7, 11) is 0. The first-order chi connectivity index (χ1) is 14.0. The number of carbonyl (C=O) groups is 2. The topological polar surface area (TPSA) is 99.9 Å². The van der Waals surface area contributed by atoms with Gasteiger partial charge in [-0.2, -0.15) is 0 Å². The van der Waals surface area contributed by atoms with Crippen molar-refractivity contribution < 1.29 is 23.8 Å². The predicted octanol–water partition coefficient (Wildman–Crippen LogP) is 3.10. The molecule has 0 bridgehead atoms. The molecule has 0 saturated carbocycles. The number of benzene rings is 2. The Morgan fingerprint density at radius 1 is 1.00 bits per heavy atom. The lowest BCUT2D eigenvalue weighted by Crippen LogP contribution is -2.41. The van der Waals surface area contributed by atoms with Gasteiger partial charge in [0.05, 0.1) is 12.6 Å². The van der Waals surface area contributed by atoms with Gasteiger partial charge in [0.15, 0.2) is 0 Å². The second-order valence-electron chi connectivity index (χ2n) is 6.63. The molecule has 0 fully saturated rings. The second kappa shape index (κ2) is 11.8. The molecule has 29 heavy (non-hydrogen) atoms. The first kappa shape index (κ1) is 22.4. The Morgan fingerprint density at radius 3 is 2.28 bits per heavy atom. The molecule has 156 valence electrons. The molecule has 0 spiro atoms. The van der Waals surface area contributed by atoms with Crippen molar-refractivity contribution in [3.63, 3.8) is 0 Å². The van der Waals surface area contributed by atoms with Crippen LogP contribution in [0.3, 0.4) is 0 Å². The van der Waals surface area contributed by atoms with Crippen LogP contribution in [-0.4, -0.2) is 37.9 Å². The highest BCUT2D eigenvalue weighted by Crippen LogP contribution is 2.21. The van der Waals surface area contributed by atoms with Gasteiger partial charge in [0.1, 0.15) is 18.3 Å². The van der Waals surface area contributed by atoms with Crippen LogP contribution < -0.4 is 15.8 Å². The highest BCUT2D eigenvalue weighted by Gasteiger charge is 2.20. The van der Waals surface area contributed by atoms with Crippen molar-refractivity contribution in [3.05, 3.63) is 60.2 Å². The zero-order valence-electron chi connectivity index (χ0n) is 16.8. The van der Waals surface area contributed by atoms with E-state index in [1.54, 1.807) is 31.2 Å². The van der Waals surface area contributed by atoms with Gasteiger partial charge in [-0.25, -0.2) is 0 Å².